The van der Waals surface area contributed by atoms with Crippen LogP contribution in [0, 0.1) is 17.6 Å². The molecule has 0 aliphatic carbocycles. The molecule has 1 aliphatic rings. The van der Waals surface area contributed by atoms with Crippen LogP contribution in [0.25, 0.3) is 11.1 Å². The summed E-state index contributed by atoms with van der Waals surface area (Å²) >= 11 is 0. The Morgan fingerprint density at radius 2 is 1.96 bits per heavy atom. The maximum absolute atomic E-state index is 13.9. The second-order valence-electron chi connectivity index (χ2n) is 5.92. The van der Waals surface area contributed by atoms with Crippen molar-refractivity contribution < 1.29 is 23.1 Å². The Morgan fingerprint density at radius 1 is 1.23 bits per heavy atom. The Bertz CT molecular complexity index is 824. The second kappa shape index (κ2) is 7.51. The van der Waals surface area contributed by atoms with Crippen molar-refractivity contribution >= 4 is 17.7 Å². The number of carbonyl (C=O) groups excluding carboxylic acids is 2. The zero-order chi connectivity index (χ0) is 18.7. The van der Waals surface area contributed by atoms with Crippen LogP contribution in [-0.2, 0) is 9.53 Å². The smallest absolute Gasteiger partial charge is 0.321 e. The lowest BCUT2D eigenvalue weighted by molar-refractivity contribution is -0.147. The van der Waals surface area contributed by atoms with E-state index in [1.165, 1.54) is 4.90 Å². The average Bonchev–Trinajstić information content (AvgIpc) is 2.64. The van der Waals surface area contributed by atoms with Gasteiger partial charge in [-0.25, -0.2) is 13.6 Å². The maximum atomic E-state index is 13.9. The molecule has 2 aromatic carbocycles. The van der Waals surface area contributed by atoms with Gasteiger partial charge in [-0.2, -0.15) is 0 Å². The number of benzene rings is 2. The number of rotatable bonds is 4. The van der Waals surface area contributed by atoms with Crippen LogP contribution in [0.4, 0.5) is 19.3 Å². The molecule has 0 aromatic heterocycles. The molecule has 1 N–H and O–H groups in total. The SMILES string of the molecule is CCOC(=O)C1CNC(=O)N(c2ccc(-c3cc(F)ccc3F)cc2)C1. The molecule has 1 atom stereocenters. The van der Waals surface area contributed by atoms with Crippen LogP contribution in [0.5, 0.6) is 0 Å². The highest BCUT2D eigenvalue weighted by Gasteiger charge is 2.31. The fourth-order valence-corrected chi connectivity index (χ4v) is 2.85. The summed E-state index contributed by atoms with van der Waals surface area (Å²) in [6, 6.07) is 9.40. The molecule has 0 saturated carbocycles. The van der Waals surface area contributed by atoms with E-state index < -0.39 is 17.6 Å². The van der Waals surface area contributed by atoms with Crippen molar-refractivity contribution in [2.24, 2.45) is 5.92 Å². The second-order valence-corrected chi connectivity index (χ2v) is 5.92. The minimum absolute atomic E-state index is 0.143. The van der Waals surface area contributed by atoms with Crippen molar-refractivity contribution in [1.82, 2.24) is 5.32 Å². The normalized spacial score (nSPS) is 17.0. The number of esters is 1. The molecule has 3 rings (SSSR count). The van der Waals surface area contributed by atoms with Gasteiger partial charge in [0.15, 0.2) is 0 Å². The fourth-order valence-electron chi connectivity index (χ4n) is 2.85. The molecule has 5 nitrogen and oxygen atoms in total. The van der Waals surface area contributed by atoms with Gasteiger partial charge in [-0.05, 0) is 42.8 Å². The third kappa shape index (κ3) is 3.66. The molecule has 26 heavy (non-hydrogen) atoms. The van der Waals surface area contributed by atoms with Gasteiger partial charge in [-0.15, -0.1) is 0 Å². The van der Waals surface area contributed by atoms with E-state index in [1.807, 2.05) is 0 Å². The number of anilines is 1. The van der Waals surface area contributed by atoms with Gasteiger partial charge >= 0.3 is 12.0 Å². The minimum atomic E-state index is -0.530. The summed E-state index contributed by atoms with van der Waals surface area (Å²) in [6.07, 6.45) is 0. The number of hydrogen-bond acceptors (Lipinski definition) is 3. The van der Waals surface area contributed by atoms with Crippen LogP contribution >= 0.6 is 0 Å². The number of amides is 2. The topological polar surface area (TPSA) is 58.6 Å². The third-order valence-corrected chi connectivity index (χ3v) is 4.19. The van der Waals surface area contributed by atoms with E-state index in [2.05, 4.69) is 5.32 Å². The Morgan fingerprint density at radius 3 is 2.65 bits per heavy atom. The molecule has 7 heteroatoms. The van der Waals surface area contributed by atoms with E-state index in [0.29, 0.717) is 11.3 Å². The quantitative estimate of drug-likeness (QED) is 0.851. The van der Waals surface area contributed by atoms with Gasteiger partial charge in [0.1, 0.15) is 11.6 Å². The molecule has 0 bridgehead atoms. The molecular weight excluding hydrogens is 342 g/mol. The van der Waals surface area contributed by atoms with Crippen LogP contribution < -0.4 is 10.2 Å². The van der Waals surface area contributed by atoms with E-state index in [-0.39, 0.29) is 37.3 Å². The van der Waals surface area contributed by atoms with Gasteiger partial charge in [-0.3, -0.25) is 9.69 Å². The Labute approximate surface area is 149 Å². The maximum Gasteiger partial charge on any atom is 0.321 e. The van der Waals surface area contributed by atoms with E-state index in [9.17, 15) is 18.4 Å². The summed E-state index contributed by atoms with van der Waals surface area (Å²) in [4.78, 5) is 25.5. The van der Waals surface area contributed by atoms with E-state index in [4.69, 9.17) is 4.74 Å². The first-order valence-electron chi connectivity index (χ1n) is 8.27. The molecule has 1 aliphatic heterocycles. The summed E-state index contributed by atoms with van der Waals surface area (Å²) < 4.78 is 32.3. The first-order chi connectivity index (χ1) is 12.5. The van der Waals surface area contributed by atoms with Crippen molar-refractivity contribution in [3.8, 4) is 11.1 Å². The van der Waals surface area contributed by atoms with E-state index in [1.54, 1.807) is 31.2 Å². The lowest BCUT2D eigenvalue weighted by Gasteiger charge is -2.32. The lowest BCUT2D eigenvalue weighted by Crippen LogP contribution is -2.53. The highest BCUT2D eigenvalue weighted by atomic mass is 19.1. The monoisotopic (exact) mass is 360 g/mol. The first-order valence-corrected chi connectivity index (χ1v) is 8.27. The summed E-state index contributed by atoms with van der Waals surface area (Å²) in [5.74, 6) is -1.89. The summed E-state index contributed by atoms with van der Waals surface area (Å²) in [7, 11) is 0. The highest BCUT2D eigenvalue weighted by Crippen LogP contribution is 2.27. The molecular formula is C19H18F2N2O3. The molecule has 1 heterocycles. The van der Waals surface area contributed by atoms with Gasteiger partial charge < -0.3 is 10.1 Å². The molecule has 2 amide bonds. The van der Waals surface area contributed by atoms with Crippen LogP contribution in [0.15, 0.2) is 42.5 Å². The van der Waals surface area contributed by atoms with Crippen molar-refractivity contribution in [3.63, 3.8) is 0 Å². The van der Waals surface area contributed by atoms with E-state index in [0.717, 1.165) is 18.2 Å². The number of halogens is 2. The first kappa shape index (κ1) is 17.8. The third-order valence-electron chi connectivity index (χ3n) is 4.19. The summed E-state index contributed by atoms with van der Waals surface area (Å²) in [5, 5.41) is 2.66. The number of nitrogens with one attached hydrogen (secondary N) is 1. The molecule has 1 fully saturated rings. The van der Waals surface area contributed by atoms with Crippen molar-refractivity contribution in [2.45, 2.75) is 6.92 Å². The zero-order valence-electron chi connectivity index (χ0n) is 14.2. The van der Waals surface area contributed by atoms with Crippen LogP contribution in [0.2, 0.25) is 0 Å². The molecule has 1 saturated heterocycles. The Hall–Kier alpha value is -2.96. The van der Waals surface area contributed by atoms with Crippen LogP contribution in [-0.4, -0.2) is 31.7 Å². The molecule has 2 aromatic rings. The molecule has 0 spiro atoms. The van der Waals surface area contributed by atoms with Crippen molar-refractivity contribution in [1.29, 1.82) is 0 Å². The number of urea groups is 1. The summed E-state index contributed by atoms with van der Waals surface area (Å²) in [5.41, 5.74) is 1.19. The van der Waals surface area contributed by atoms with Gasteiger partial charge in [0, 0.05) is 24.3 Å². The van der Waals surface area contributed by atoms with Gasteiger partial charge in [0.2, 0.25) is 0 Å². The minimum Gasteiger partial charge on any atom is -0.466 e. The summed E-state index contributed by atoms with van der Waals surface area (Å²) in [6.45, 7) is 2.41. The van der Waals surface area contributed by atoms with Crippen LogP contribution in [0.3, 0.4) is 0 Å². The molecule has 136 valence electrons. The lowest BCUT2D eigenvalue weighted by atomic mass is 10.0. The molecule has 1 unspecified atom stereocenters. The number of carbonyl (C=O) groups is 2. The van der Waals surface area contributed by atoms with Crippen molar-refractivity contribution in [2.75, 3.05) is 24.6 Å². The van der Waals surface area contributed by atoms with Gasteiger partial charge in [0.05, 0.1) is 12.5 Å². The predicted molar refractivity (Wildman–Crippen MR) is 92.7 cm³/mol. The Kier molecular flexibility index (Phi) is 5.16. The largest absolute Gasteiger partial charge is 0.466 e. The predicted octanol–water partition coefficient (Wildman–Crippen LogP) is 3.34. The van der Waals surface area contributed by atoms with Gasteiger partial charge in [-0.1, -0.05) is 12.1 Å². The fraction of sp³-hybridized carbons (Fsp3) is 0.263. The number of ether oxygens (including phenoxy) is 1. The number of hydrogen-bond donors (Lipinski definition) is 1. The van der Waals surface area contributed by atoms with Crippen LogP contribution in [0.1, 0.15) is 6.92 Å². The zero-order valence-corrected chi connectivity index (χ0v) is 14.2. The van der Waals surface area contributed by atoms with Crippen molar-refractivity contribution in [3.05, 3.63) is 54.1 Å². The Balaban J connectivity index is 1.82. The highest BCUT2D eigenvalue weighted by molar-refractivity contribution is 5.94. The average molecular weight is 360 g/mol. The van der Waals surface area contributed by atoms with Gasteiger partial charge in [0.25, 0.3) is 0 Å². The van der Waals surface area contributed by atoms with E-state index >= 15 is 0 Å². The number of nitrogens with zero attached hydrogens (tertiary/aromatic N) is 1. The molecule has 0 radical (unpaired) electrons. The standard InChI is InChI=1S/C19H18F2N2O3/c1-2-26-18(24)13-10-22-19(25)23(11-13)15-6-3-12(4-7-15)16-9-14(20)5-8-17(16)21/h3-9,13H,2,10-11H2,1H3,(H,22,25).